The second kappa shape index (κ2) is 9.68. The van der Waals surface area contributed by atoms with Crippen LogP contribution in [0.3, 0.4) is 0 Å². The van der Waals surface area contributed by atoms with Gasteiger partial charge >= 0.3 is 24.3 Å². The largest absolute Gasteiger partial charge is 0.507 e. The van der Waals surface area contributed by atoms with E-state index in [1.54, 1.807) is 0 Å². The lowest BCUT2D eigenvalue weighted by atomic mass is 9.98. The van der Waals surface area contributed by atoms with Gasteiger partial charge in [-0.25, -0.2) is 9.59 Å². The van der Waals surface area contributed by atoms with Gasteiger partial charge in [0.05, 0.1) is 7.11 Å². The van der Waals surface area contributed by atoms with Gasteiger partial charge in [-0.2, -0.15) is 17.6 Å². The van der Waals surface area contributed by atoms with E-state index in [-0.39, 0.29) is 23.8 Å². The summed E-state index contributed by atoms with van der Waals surface area (Å²) in [6.07, 6.45) is -11.8. The van der Waals surface area contributed by atoms with Gasteiger partial charge in [0.25, 0.3) is 0 Å². The molecule has 1 heterocycles. The van der Waals surface area contributed by atoms with E-state index in [9.17, 15) is 32.3 Å². The Labute approximate surface area is 219 Å². The van der Waals surface area contributed by atoms with E-state index in [1.165, 1.54) is 0 Å². The van der Waals surface area contributed by atoms with Gasteiger partial charge in [-0.1, -0.05) is 48.5 Å². The maximum absolute atomic E-state index is 13.9. The summed E-state index contributed by atoms with van der Waals surface area (Å²) in [5.41, 5.74) is 3.55. The number of ether oxygens (including phenoxy) is 4. The molecule has 8 nitrogen and oxygen atoms in total. The Morgan fingerprint density at radius 2 is 1.54 bits per heavy atom. The Hall–Kier alpha value is -4.48. The van der Waals surface area contributed by atoms with Crippen molar-refractivity contribution in [3.05, 3.63) is 77.4 Å². The third kappa shape index (κ3) is 4.66. The molecule has 5 rings (SSSR count). The van der Waals surface area contributed by atoms with Gasteiger partial charge in [0.1, 0.15) is 18.4 Å². The molecular formula is C27H21F4NO7. The van der Waals surface area contributed by atoms with Crippen molar-refractivity contribution in [3.8, 4) is 28.4 Å². The van der Waals surface area contributed by atoms with Gasteiger partial charge in [-0.3, -0.25) is 0 Å². The molecular weight excluding hydrogens is 526 g/mol. The molecule has 0 fully saturated rings. The molecule has 3 aromatic rings. The Bertz CT molecular complexity index is 1400. The number of carboxylic acid groups (broad SMARTS) is 1. The van der Waals surface area contributed by atoms with Crippen molar-refractivity contribution < 1.29 is 51.2 Å². The molecule has 1 atom stereocenters. The predicted octanol–water partition coefficient (Wildman–Crippen LogP) is 5.19. The number of fused-ring (bicyclic) bond motifs is 4. The minimum absolute atomic E-state index is 0.103. The molecule has 2 N–H and O–H groups in total. The summed E-state index contributed by atoms with van der Waals surface area (Å²) < 4.78 is 73.9. The van der Waals surface area contributed by atoms with Crippen molar-refractivity contribution in [2.75, 3.05) is 13.7 Å². The monoisotopic (exact) mass is 547 g/mol. The molecule has 39 heavy (non-hydrogen) atoms. The van der Waals surface area contributed by atoms with Crippen molar-refractivity contribution in [3.63, 3.8) is 0 Å². The van der Waals surface area contributed by atoms with Crippen molar-refractivity contribution >= 4 is 12.1 Å². The number of rotatable bonds is 7. The Morgan fingerprint density at radius 3 is 2.13 bits per heavy atom. The second-order valence-electron chi connectivity index (χ2n) is 8.88. The summed E-state index contributed by atoms with van der Waals surface area (Å²) in [4.78, 5) is 24.6. The first-order chi connectivity index (χ1) is 18.5. The van der Waals surface area contributed by atoms with Crippen LogP contribution >= 0.6 is 0 Å². The number of hydrogen-bond donors (Lipinski definition) is 2. The lowest BCUT2D eigenvalue weighted by molar-refractivity contribution is -0.391. The lowest BCUT2D eigenvalue weighted by Crippen LogP contribution is -2.52. The fraction of sp³-hybridized carbons (Fsp3) is 0.259. The molecule has 3 aromatic carbocycles. The fourth-order valence-corrected chi connectivity index (χ4v) is 4.74. The van der Waals surface area contributed by atoms with Crippen molar-refractivity contribution in [1.29, 1.82) is 0 Å². The van der Waals surface area contributed by atoms with Crippen molar-refractivity contribution in [2.24, 2.45) is 0 Å². The zero-order valence-corrected chi connectivity index (χ0v) is 20.3. The molecule has 0 spiro atoms. The van der Waals surface area contributed by atoms with E-state index >= 15 is 0 Å². The highest BCUT2D eigenvalue weighted by Gasteiger charge is 2.66. The number of carbonyl (C=O) groups excluding carboxylic acids is 1. The summed E-state index contributed by atoms with van der Waals surface area (Å²) in [7, 11) is 1.16. The number of carboxylic acids is 1. The SMILES string of the molecule is COc1ccc2c(c1CC(NC(=O)OCC1c3ccccc3-c3ccccc31)C(=O)O)OC(F)(F)C(F)(F)O2. The van der Waals surface area contributed by atoms with Crippen LogP contribution in [-0.2, 0) is 16.0 Å². The van der Waals surface area contributed by atoms with Gasteiger partial charge in [0.2, 0.25) is 0 Å². The van der Waals surface area contributed by atoms with Crippen LogP contribution in [0.4, 0.5) is 22.4 Å². The summed E-state index contributed by atoms with van der Waals surface area (Å²) in [5, 5.41) is 11.9. The van der Waals surface area contributed by atoms with E-state index < -0.39 is 48.2 Å². The van der Waals surface area contributed by atoms with Gasteiger partial charge in [-0.15, -0.1) is 0 Å². The van der Waals surface area contributed by atoms with Crippen LogP contribution < -0.4 is 19.5 Å². The number of amides is 1. The average Bonchev–Trinajstić information content (AvgIpc) is 3.21. The van der Waals surface area contributed by atoms with Gasteiger partial charge in [0.15, 0.2) is 11.5 Å². The van der Waals surface area contributed by atoms with E-state index in [0.29, 0.717) is 0 Å². The van der Waals surface area contributed by atoms with E-state index in [4.69, 9.17) is 9.47 Å². The summed E-state index contributed by atoms with van der Waals surface area (Å²) in [6, 6.07) is 15.6. The van der Waals surface area contributed by atoms with Crippen LogP contribution in [-0.4, -0.2) is 49.1 Å². The maximum Gasteiger partial charge on any atom is 0.507 e. The number of methoxy groups -OCH3 is 1. The zero-order valence-electron chi connectivity index (χ0n) is 20.3. The highest BCUT2D eigenvalue weighted by atomic mass is 19.3. The molecule has 1 amide bonds. The van der Waals surface area contributed by atoms with E-state index in [1.807, 2.05) is 48.5 Å². The lowest BCUT2D eigenvalue weighted by Gasteiger charge is -2.33. The standard InChI is InChI=1S/C27H21F4NO7/c1-36-21-10-11-22-23(39-27(30,31)26(28,29)38-22)18(21)12-20(24(33)34)32-25(35)37-13-19-16-8-4-2-6-14(16)15-7-3-5-9-17(15)19/h2-11,19-20H,12-13H2,1H3,(H,32,35)(H,33,34). The van der Waals surface area contributed by atoms with Crippen molar-refractivity contribution in [1.82, 2.24) is 5.32 Å². The van der Waals surface area contributed by atoms with E-state index in [0.717, 1.165) is 41.5 Å². The van der Waals surface area contributed by atoms with Crippen molar-refractivity contribution in [2.45, 2.75) is 30.6 Å². The predicted molar refractivity (Wildman–Crippen MR) is 127 cm³/mol. The highest BCUT2D eigenvalue weighted by molar-refractivity contribution is 5.81. The highest BCUT2D eigenvalue weighted by Crippen LogP contribution is 2.50. The van der Waals surface area contributed by atoms with Crippen LogP contribution in [0.25, 0.3) is 11.1 Å². The second-order valence-corrected chi connectivity index (χ2v) is 8.88. The first-order valence-electron chi connectivity index (χ1n) is 11.7. The molecule has 2 aliphatic rings. The number of aliphatic carboxylic acids is 1. The quantitative estimate of drug-likeness (QED) is 0.393. The Kier molecular flexibility index (Phi) is 6.49. The molecule has 1 unspecified atom stereocenters. The van der Waals surface area contributed by atoms with Gasteiger partial charge in [0, 0.05) is 17.9 Å². The summed E-state index contributed by atoms with van der Waals surface area (Å²) >= 11 is 0. The Morgan fingerprint density at radius 1 is 0.949 bits per heavy atom. The third-order valence-electron chi connectivity index (χ3n) is 6.55. The molecule has 1 aliphatic carbocycles. The third-order valence-corrected chi connectivity index (χ3v) is 6.55. The Balaban J connectivity index is 1.34. The summed E-state index contributed by atoms with van der Waals surface area (Å²) in [5.74, 6) is -3.55. The topological polar surface area (TPSA) is 103 Å². The van der Waals surface area contributed by atoms with Crippen LogP contribution in [0, 0.1) is 0 Å². The number of alkyl halides is 4. The van der Waals surface area contributed by atoms with Gasteiger partial charge in [-0.05, 0) is 34.4 Å². The molecule has 12 heteroatoms. The van der Waals surface area contributed by atoms with E-state index in [2.05, 4.69) is 14.8 Å². The molecule has 204 valence electrons. The molecule has 0 saturated carbocycles. The number of halogens is 4. The summed E-state index contributed by atoms with van der Waals surface area (Å²) in [6.45, 7) is -0.103. The molecule has 0 bridgehead atoms. The van der Waals surface area contributed by atoms with Crippen LogP contribution in [0.2, 0.25) is 0 Å². The smallest absolute Gasteiger partial charge is 0.496 e. The normalized spacial score (nSPS) is 16.9. The molecule has 0 radical (unpaired) electrons. The first kappa shape index (κ1) is 26.1. The number of nitrogens with one attached hydrogen (secondary N) is 1. The number of benzene rings is 3. The maximum atomic E-state index is 13.9. The molecule has 1 aliphatic heterocycles. The number of alkyl carbamates (subject to hydrolysis) is 1. The number of carbonyl (C=O) groups is 2. The first-order valence-corrected chi connectivity index (χ1v) is 11.7. The average molecular weight is 547 g/mol. The fourth-order valence-electron chi connectivity index (χ4n) is 4.74. The minimum atomic E-state index is -5.04. The van der Waals surface area contributed by atoms with Crippen LogP contribution in [0.15, 0.2) is 60.7 Å². The van der Waals surface area contributed by atoms with Crippen LogP contribution in [0.5, 0.6) is 17.2 Å². The molecule has 0 aromatic heterocycles. The minimum Gasteiger partial charge on any atom is -0.496 e. The zero-order chi connectivity index (χ0) is 27.9. The number of hydrogen-bond acceptors (Lipinski definition) is 6. The van der Waals surface area contributed by atoms with Crippen LogP contribution in [0.1, 0.15) is 22.6 Å². The van der Waals surface area contributed by atoms with Gasteiger partial charge < -0.3 is 29.4 Å². The molecule has 0 saturated heterocycles.